The standard InChI is InChI=1S/C34H26BrN5/c35-23-25-20-21-30(26(22-25)24-36)31-18-10-11-19-32(31)33-37-39-40(38-33)34(27-12-4-1-5-13-27,28-14-6-2-7-15-28)29-16-8-3-9-17-29/h1-22,39H,23H2,(H,37,38). The molecule has 0 fully saturated rings. The average molecular weight is 585 g/mol. The van der Waals surface area contributed by atoms with Gasteiger partial charge in [0.1, 0.15) is 5.54 Å². The number of hydrazone groups is 1. The molecule has 0 saturated carbocycles. The van der Waals surface area contributed by atoms with Gasteiger partial charge in [-0.05, 0) is 33.9 Å². The van der Waals surface area contributed by atoms with Crippen LogP contribution in [0.1, 0.15) is 33.4 Å². The average Bonchev–Trinajstić information content (AvgIpc) is 3.53. The third-order valence-electron chi connectivity index (χ3n) is 7.22. The maximum absolute atomic E-state index is 9.95. The van der Waals surface area contributed by atoms with E-state index in [0.717, 1.165) is 38.9 Å². The number of amidine groups is 1. The summed E-state index contributed by atoms with van der Waals surface area (Å²) >= 11 is 3.50. The molecule has 1 aliphatic rings. The zero-order valence-corrected chi connectivity index (χ0v) is 23.2. The second-order valence-corrected chi connectivity index (χ2v) is 10.0. The summed E-state index contributed by atoms with van der Waals surface area (Å²) < 4.78 is 0. The molecular weight excluding hydrogens is 558 g/mol. The van der Waals surface area contributed by atoms with Crippen LogP contribution in [0.2, 0.25) is 0 Å². The molecule has 5 nitrogen and oxygen atoms in total. The summed E-state index contributed by atoms with van der Waals surface area (Å²) in [5, 5.41) is 17.4. The van der Waals surface area contributed by atoms with Gasteiger partial charge in [0.15, 0.2) is 5.84 Å². The van der Waals surface area contributed by atoms with Gasteiger partial charge in [0.2, 0.25) is 0 Å². The van der Waals surface area contributed by atoms with E-state index < -0.39 is 5.54 Å². The SMILES string of the molecule is N#Cc1cc(CBr)ccc1-c1ccccc1C1=NNN(C(c2ccccc2)(c2ccccc2)c2ccccc2)N1. The van der Waals surface area contributed by atoms with Gasteiger partial charge in [0.25, 0.3) is 0 Å². The van der Waals surface area contributed by atoms with Gasteiger partial charge in [-0.1, -0.05) is 148 Å². The minimum atomic E-state index is -0.751. The van der Waals surface area contributed by atoms with Gasteiger partial charge in [-0.15, -0.1) is 5.10 Å². The molecule has 0 aliphatic carbocycles. The number of nitriles is 1. The van der Waals surface area contributed by atoms with Crippen molar-refractivity contribution in [1.82, 2.24) is 16.1 Å². The lowest BCUT2D eigenvalue weighted by Gasteiger charge is -2.42. The monoisotopic (exact) mass is 583 g/mol. The molecule has 1 heterocycles. The van der Waals surface area contributed by atoms with Gasteiger partial charge < -0.3 is 0 Å². The van der Waals surface area contributed by atoms with E-state index in [-0.39, 0.29) is 0 Å². The summed E-state index contributed by atoms with van der Waals surface area (Å²) in [6.45, 7) is 0. The maximum Gasteiger partial charge on any atom is 0.171 e. The van der Waals surface area contributed by atoms with Crippen molar-refractivity contribution in [1.29, 1.82) is 5.26 Å². The van der Waals surface area contributed by atoms with E-state index in [9.17, 15) is 5.26 Å². The summed E-state index contributed by atoms with van der Waals surface area (Å²) in [4.78, 5) is 0. The highest BCUT2D eigenvalue weighted by atomic mass is 79.9. The Morgan fingerprint density at radius 1 is 0.675 bits per heavy atom. The molecule has 2 N–H and O–H groups in total. The lowest BCUT2D eigenvalue weighted by molar-refractivity contribution is 0.0761. The molecule has 0 saturated heterocycles. The maximum atomic E-state index is 9.95. The van der Waals surface area contributed by atoms with Crippen LogP contribution in [0.15, 0.2) is 139 Å². The molecule has 0 atom stereocenters. The topological polar surface area (TPSA) is 63.5 Å². The fourth-order valence-electron chi connectivity index (χ4n) is 5.39. The molecule has 5 aromatic rings. The number of benzene rings is 5. The van der Waals surface area contributed by atoms with E-state index >= 15 is 0 Å². The first-order chi connectivity index (χ1) is 19.8. The van der Waals surface area contributed by atoms with Crippen molar-refractivity contribution >= 4 is 21.8 Å². The number of hydrazine groups is 2. The largest absolute Gasteiger partial charge is 0.281 e. The molecule has 0 amide bonds. The highest BCUT2D eigenvalue weighted by molar-refractivity contribution is 9.08. The van der Waals surface area contributed by atoms with Crippen molar-refractivity contribution in [3.8, 4) is 17.2 Å². The smallest absolute Gasteiger partial charge is 0.171 e. The Morgan fingerprint density at radius 2 is 1.20 bits per heavy atom. The number of nitrogens with zero attached hydrogens (tertiary/aromatic N) is 3. The minimum absolute atomic E-state index is 0.625. The summed E-state index contributed by atoms with van der Waals surface area (Å²) in [7, 11) is 0. The summed E-state index contributed by atoms with van der Waals surface area (Å²) in [5.41, 5.74) is 13.8. The van der Waals surface area contributed by atoms with Crippen LogP contribution in [0.3, 0.4) is 0 Å². The third-order valence-corrected chi connectivity index (χ3v) is 7.87. The Kier molecular flexibility index (Phi) is 7.15. The molecule has 0 unspecified atom stereocenters. The Morgan fingerprint density at radius 3 is 1.73 bits per heavy atom. The van der Waals surface area contributed by atoms with Gasteiger partial charge in [0.05, 0.1) is 11.6 Å². The number of rotatable bonds is 7. The van der Waals surface area contributed by atoms with Crippen molar-refractivity contribution in [2.24, 2.45) is 5.10 Å². The summed E-state index contributed by atoms with van der Waals surface area (Å²) in [5.74, 6) is 0.663. The van der Waals surface area contributed by atoms with Gasteiger partial charge in [-0.2, -0.15) is 5.26 Å². The van der Waals surface area contributed by atoms with Gasteiger partial charge in [0, 0.05) is 16.5 Å². The van der Waals surface area contributed by atoms with E-state index in [1.807, 2.05) is 65.8 Å². The van der Waals surface area contributed by atoms with Crippen molar-refractivity contribution in [2.75, 3.05) is 0 Å². The van der Waals surface area contributed by atoms with E-state index in [2.05, 4.69) is 106 Å². The quantitative estimate of drug-likeness (QED) is 0.158. The molecule has 40 heavy (non-hydrogen) atoms. The first-order valence-corrected chi connectivity index (χ1v) is 14.1. The van der Waals surface area contributed by atoms with E-state index in [1.165, 1.54) is 0 Å². The molecule has 194 valence electrons. The van der Waals surface area contributed by atoms with E-state index in [1.54, 1.807) is 0 Å². The summed E-state index contributed by atoms with van der Waals surface area (Å²) in [6, 6.07) is 47.7. The van der Waals surface area contributed by atoms with Crippen LogP contribution in [-0.4, -0.2) is 11.0 Å². The highest BCUT2D eigenvalue weighted by Crippen LogP contribution is 2.41. The van der Waals surface area contributed by atoms with Crippen LogP contribution in [0.5, 0.6) is 0 Å². The molecule has 5 aromatic carbocycles. The highest BCUT2D eigenvalue weighted by Gasteiger charge is 2.45. The normalized spacial score (nSPS) is 13.2. The zero-order chi connectivity index (χ0) is 27.4. The van der Waals surface area contributed by atoms with Crippen LogP contribution in [0, 0.1) is 11.3 Å². The molecular formula is C34H26BrN5. The second kappa shape index (κ2) is 11.2. The predicted octanol–water partition coefficient (Wildman–Crippen LogP) is 7.10. The first kappa shape index (κ1) is 25.6. The van der Waals surface area contributed by atoms with Crippen LogP contribution in [0.4, 0.5) is 0 Å². The van der Waals surface area contributed by atoms with Crippen LogP contribution in [0.25, 0.3) is 11.1 Å². The second-order valence-electron chi connectivity index (χ2n) is 9.49. The van der Waals surface area contributed by atoms with Gasteiger partial charge in [-0.3, -0.25) is 5.43 Å². The lowest BCUT2D eigenvalue weighted by Crippen LogP contribution is -2.57. The Hall–Kier alpha value is -4.70. The van der Waals surface area contributed by atoms with Crippen molar-refractivity contribution in [2.45, 2.75) is 10.9 Å². The number of alkyl halides is 1. The molecule has 0 aromatic heterocycles. The fourth-order valence-corrected chi connectivity index (χ4v) is 5.74. The Balaban J connectivity index is 1.48. The Labute approximate surface area is 242 Å². The summed E-state index contributed by atoms with van der Waals surface area (Å²) in [6.07, 6.45) is 0. The third kappa shape index (κ3) is 4.46. The number of hydrogen-bond acceptors (Lipinski definition) is 5. The van der Waals surface area contributed by atoms with Gasteiger partial charge in [-0.25, -0.2) is 5.53 Å². The van der Waals surface area contributed by atoms with Crippen LogP contribution >= 0.6 is 15.9 Å². The van der Waals surface area contributed by atoms with Crippen LogP contribution in [-0.2, 0) is 10.9 Å². The van der Waals surface area contributed by atoms with Crippen LogP contribution < -0.4 is 11.0 Å². The number of nitrogens with one attached hydrogen (secondary N) is 2. The zero-order valence-electron chi connectivity index (χ0n) is 21.6. The molecule has 1 aliphatic heterocycles. The molecule has 6 heteroatoms. The molecule has 6 rings (SSSR count). The Bertz CT molecular complexity index is 1600. The minimum Gasteiger partial charge on any atom is -0.281 e. The molecule has 0 spiro atoms. The molecule has 0 radical (unpaired) electrons. The number of hydrogen-bond donors (Lipinski definition) is 2. The first-order valence-electron chi connectivity index (χ1n) is 13.0. The van der Waals surface area contributed by atoms with E-state index in [4.69, 9.17) is 5.10 Å². The van der Waals surface area contributed by atoms with Crippen molar-refractivity contribution in [3.05, 3.63) is 167 Å². The fraction of sp³-hybridized carbons (Fsp3) is 0.0588. The van der Waals surface area contributed by atoms with E-state index in [0.29, 0.717) is 16.7 Å². The lowest BCUT2D eigenvalue weighted by atomic mass is 9.77. The predicted molar refractivity (Wildman–Crippen MR) is 163 cm³/mol. The van der Waals surface area contributed by atoms with Crippen molar-refractivity contribution < 1.29 is 0 Å². The number of halogens is 1. The van der Waals surface area contributed by atoms with Crippen molar-refractivity contribution in [3.63, 3.8) is 0 Å². The molecule has 0 bridgehead atoms. The van der Waals surface area contributed by atoms with Gasteiger partial charge >= 0.3 is 0 Å².